The molecule has 6 heteroatoms. The molecule has 1 fully saturated rings. The number of carbonyl (C=O) groups is 3. The predicted molar refractivity (Wildman–Crippen MR) is 89.2 cm³/mol. The Kier molecular flexibility index (Phi) is 3.83. The van der Waals surface area contributed by atoms with Crippen LogP contribution in [0.15, 0.2) is 41.3 Å². The Hall–Kier alpha value is -2.73. The SMILES string of the molecule is Cc1ccc(C)c(N2C(=O)NC(=O)/C(=C\c3cccs3)C2=O)c1. The normalized spacial score (nSPS) is 16.9. The van der Waals surface area contributed by atoms with E-state index in [9.17, 15) is 14.4 Å². The Morgan fingerprint density at radius 1 is 1.13 bits per heavy atom. The third kappa shape index (κ3) is 2.80. The molecular formula is C17H14N2O3S. The van der Waals surface area contributed by atoms with Gasteiger partial charge in [-0.05, 0) is 48.6 Å². The molecule has 1 N–H and O–H groups in total. The van der Waals surface area contributed by atoms with Gasteiger partial charge in [-0.15, -0.1) is 11.3 Å². The van der Waals surface area contributed by atoms with Crippen LogP contribution in [0.3, 0.4) is 0 Å². The number of rotatable bonds is 2. The molecule has 0 saturated carbocycles. The van der Waals surface area contributed by atoms with Crippen LogP contribution < -0.4 is 10.2 Å². The van der Waals surface area contributed by atoms with Crippen LogP contribution in [0.1, 0.15) is 16.0 Å². The van der Waals surface area contributed by atoms with Crippen LogP contribution >= 0.6 is 11.3 Å². The second-order valence-corrected chi connectivity index (χ2v) is 6.24. The van der Waals surface area contributed by atoms with Gasteiger partial charge in [0, 0.05) is 4.88 Å². The standard InChI is InChI=1S/C17H14N2O3S/c1-10-5-6-11(2)14(8-10)19-16(21)13(15(20)18-17(19)22)9-12-4-3-7-23-12/h3-9H,1-2H3,(H,18,20,22)/b13-9+. The maximum atomic E-state index is 12.7. The number of nitrogens with zero attached hydrogens (tertiary/aromatic N) is 1. The Morgan fingerprint density at radius 2 is 1.91 bits per heavy atom. The summed E-state index contributed by atoms with van der Waals surface area (Å²) in [6, 6.07) is 8.40. The number of hydrogen-bond acceptors (Lipinski definition) is 4. The molecule has 116 valence electrons. The summed E-state index contributed by atoms with van der Waals surface area (Å²) in [5, 5.41) is 4.08. The van der Waals surface area contributed by atoms with Crippen LogP contribution in [0.4, 0.5) is 10.5 Å². The summed E-state index contributed by atoms with van der Waals surface area (Å²) < 4.78 is 0. The number of imide groups is 2. The lowest BCUT2D eigenvalue weighted by molar-refractivity contribution is -0.122. The van der Waals surface area contributed by atoms with E-state index in [-0.39, 0.29) is 5.57 Å². The van der Waals surface area contributed by atoms with E-state index in [0.29, 0.717) is 5.69 Å². The van der Waals surface area contributed by atoms with Crippen molar-refractivity contribution >= 4 is 40.9 Å². The van der Waals surface area contributed by atoms with Gasteiger partial charge in [-0.25, -0.2) is 9.69 Å². The van der Waals surface area contributed by atoms with Gasteiger partial charge in [0.15, 0.2) is 0 Å². The highest BCUT2D eigenvalue weighted by atomic mass is 32.1. The molecule has 23 heavy (non-hydrogen) atoms. The van der Waals surface area contributed by atoms with Gasteiger partial charge in [0.05, 0.1) is 5.69 Å². The number of urea groups is 1. The first-order valence-electron chi connectivity index (χ1n) is 6.99. The van der Waals surface area contributed by atoms with E-state index in [0.717, 1.165) is 20.9 Å². The molecule has 5 nitrogen and oxygen atoms in total. The molecule has 1 aromatic carbocycles. The van der Waals surface area contributed by atoms with Crippen molar-refractivity contribution in [3.63, 3.8) is 0 Å². The highest BCUT2D eigenvalue weighted by molar-refractivity contribution is 7.10. The van der Waals surface area contributed by atoms with E-state index in [1.807, 2.05) is 37.4 Å². The molecule has 0 spiro atoms. The van der Waals surface area contributed by atoms with Gasteiger partial charge in [-0.1, -0.05) is 18.2 Å². The molecule has 1 aliphatic rings. The van der Waals surface area contributed by atoms with Crippen molar-refractivity contribution < 1.29 is 14.4 Å². The van der Waals surface area contributed by atoms with Crippen LogP contribution in [-0.2, 0) is 9.59 Å². The molecule has 3 rings (SSSR count). The van der Waals surface area contributed by atoms with Crippen LogP contribution in [-0.4, -0.2) is 17.8 Å². The molecule has 0 unspecified atom stereocenters. The molecule has 0 bridgehead atoms. The largest absolute Gasteiger partial charge is 0.335 e. The molecule has 0 radical (unpaired) electrons. The second-order valence-electron chi connectivity index (χ2n) is 5.26. The first-order valence-corrected chi connectivity index (χ1v) is 7.87. The van der Waals surface area contributed by atoms with Gasteiger partial charge < -0.3 is 0 Å². The molecule has 0 atom stereocenters. The number of amides is 4. The van der Waals surface area contributed by atoms with E-state index in [4.69, 9.17) is 0 Å². The average Bonchev–Trinajstić information content (AvgIpc) is 3.00. The number of hydrogen-bond donors (Lipinski definition) is 1. The number of benzene rings is 1. The Balaban J connectivity index is 2.07. The molecule has 1 aromatic heterocycles. The number of aryl methyl sites for hydroxylation is 2. The number of barbiturate groups is 1. The Labute approximate surface area is 137 Å². The average molecular weight is 326 g/mol. The Bertz CT molecular complexity index is 838. The minimum absolute atomic E-state index is 0.0482. The van der Waals surface area contributed by atoms with E-state index < -0.39 is 17.8 Å². The molecule has 1 aliphatic heterocycles. The summed E-state index contributed by atoms with van der Waals surface area (Å²) >= 11 is 1.41. The van der Waals surface area contributed by atoms with Crippen LogP contribution in [0.5, 0.6) is 0 Å². The number of nitrogens with one attached hydrogen (secondary N) is 1. The van der Waals surface area contributed by atoms with Crippen molar-refractivity contribution in [2.45, 2.75) is 13.8 Å². The molecule has 1 saturated heterocycles. The van der Waals surface area contributed by atoms with Gasteiger partial charge >= 0.3 is 6.03 Å². The maximum absolute atomic E-state index is 12.7. The van der Waals surface area contributed by atoms with E-state index in [1.54, 1.807) is 12.1 Å². The number of anilines is 1. The first-order chi connectivity index (χ1) is 11.0. The lowest BCUT2D eigenvalue weighted by Gasteiger charge is -2.27. The second kappa shape index (κ2) is 5.81. The van der Waals surface area contributed by atoms with Crippen molar-refractivity contribution in [3.8, 4) is 0 Å². The summed E-state index contributed by atoms with van der Waals surface area (Å²) in [5.74, 6) is -1.28. The maximum Gasteiger partial charge on any atom is 0.335 e. The van der Waals surface area contributed by atoms with Gasteiger partial charge in [0.25, 0.3) is 11.8 Å². The van der Waals surface area contributed by atoms with Crippen LogP contribution in [0.25, 0.3) is 6.08 Å². The summed E-state index contributed by atoms with van der Waals surface area (Å²) in [7, 11) is 0. The molecule has 4 amide bonds. The van der Waals surface area contributed by atoms with Crippen molar-refractivity contribution in [1.29, 1.82) is 0 Å². The Morgan fingerprint density at radius 3 is 2.61 bits per heavy atom. The molecule has 2 aromatic rings. The predicted octanol–water partition coefficient (Wildman–Crippen LogP) is 3.03. The lowest BCUT2D eigenvalue weighted by Crippen LogP contribution is -2.54. The number of thiophene rings is 1. The number of carbonyl (C=O) groups excluding carboxylic acids is 3. The smallest absolute Gasteiger partial charge is 0.273 e. The fraction of sp³-hybridized carbons (Fsp3) is 0.118. The highest BCUT2D eigenvalue weighted by Gasteiger charge is 2.37. The summed E-state index contributed by atoms with van der Waals surface area (Å²) in [6.07, 6.45) is 1.51. The van der Waals surface area contributed by atoms with Gasteiger partial charge in [0.1, 0.15) is 5.57 Å². The van der Waals surface area contributed by atoms with Gasteiger partial charge in [0.2, 0.25) is 0 Å². The van der Waals surface area contributed by atoms with E-state index in [1.165, 1.54) is 17.4 Å². The fourth-order valence-electron chi connectivity index (χ4n) is 2.35. The minimum Gasteiger partial charge on any atom is -0.273 e. The minimum atomic E-state index is -0.725. The van der Waals surface area contributed by atoms with Crippen LogP contribution in [0.2, 0.25) is 0 Å². The van der Waals surface area contributed by atoms with Crippen LogP contribution in [0, 0.1) is 13.8 Å². The summed E-state index contributed by atoms with van der Waals surface area (Å²) in [6.45, 7) is 3.69. The molecule has 0 aliphatic carbocycles. The molecule has 2 heterocycles. The zero-order valence-corrected chi connectivity index (χ0v) is 13.4. The summed E-state index contributed by atoms with van der Waals surface area (Å²) in [4.78, 5) is 38.7. The first kappa shape index (κ1) is 15.2. The highest BCUT2D eigenvalue weighted by Crippen LogP contribution is 2.26. The zero-order valence-electron chi connectivity index (χ0n) is 12.6. The van der Waals surface area contributed by atoms with Crippen molar-refractivity contribution in [2.24, 2.45) is 0 Å². The molecular weight excluding hydrogens is 312 g/mol. The van der Waals surface area contributed by atoms with Gasteiger partial charge in [-0.2, -0.15) is 0 Å². The quantitative estimate of drug-likeness (QED) is 0.681. The third-order valence-electron chi connectivity index (χ3n) is 3.54. The van der Waals surface area contributed by atoms with E-state index >= 15 is 0 Å². The zero-order chi connectivity index (χ0) is 16.6. The van der Waals surface area contributed by atoms with Crippen molar-refractivity contribution in [3.05, 3.63) is 57.3 Å². The monoisotopic (exact) mass is 326 g/mol. The summed E-state index contributed by atoms with van der Waals surface area (Å²) in [5.41, 5.74) is 2.14. The third-order valence-corrected chi connectivity index (χ3v) is 4.36. The van der Waals surface area contributed by atoms with Crippen molar-refractivity contribution in [1.82, 2.24) is 5.32 Å². The topological polar surface area (TPSA) is 66.5 Å². The van der Waals surface area contributed by atoms with E-state index in [2.05, 4.69) is 5.32 Å². The van der Waals surface area contributed by atoms with Crippen molar-refractivity contribution in [2.75, 3.05) is 4.90 Å². The van der Waals surface area contributed by atoms with Gasteiger partial charge in [-0.3, -0.25) is 14.9 Å². The fourth-order valence-corrected chi connectivity index (χ4v) is 3.01. The lowest BCUT2D eigenvalue weighted by atomic mass is 10.1.